The van der Waals surface area contributed by atoms with Gasteiger partial charge in [-0.25, -0.2) is 9.07 Å². The van der Waals surface area contributed by atoms with E-state index in [0.29, 0.717) is 24.1 Å². The lowest BCUT2D eigenvalue weighted by Crippen LogP contribution is -2.24. The van der Waals surface area contributed by atoms with Crippen molar-refractivity contribution in [1.82, 2.24) is 30.5 Å². The minimum Gasteiger partial charge on any atom is -0.383 e. The minimum atomic E-state index is -0.338. The molecular formula is C12H17FN6OS. The number of ether oxygens (including phenoxy) is 1. The summed E-state index contributed by atoms with van der Waals surface area (Å²) < 4.78 is 19.7. The van der Waals surface area contributed by atoms with Gasteiger partial charge >= 0.3 is 0 Å². The molecule has 2 aromatic heterocycles. The molecule has 7 nitrogen and oxygen atoms in total. The molecule has 0 spiro atoms. The topological polar surface area (TPSA) is 77.8 Å². The maximum absolute atomic E-state index is 13.0. The quantitative estimate of drug-likeness (QED) is 0.540. The van der Waals surface area contributed by atoms with Crippen LogP contribution in [0.3, 0.4) is 0 Å². The average molecular weight is 312 g/mol. The van der Waals surface area contributed by atoms with Gasteiger partial charge in [-0.15, -0.1) is 5.10 Å². The molecule has 2 aromatic rings. The molecule has 0 saturated heterocycles. The lowest BCUT2D eigenvalue weighted by atomic mass is 10.3. The van der Waals surface area contributed by atoms with E-state index < -0.39 is 0 Å². The van der Waals surface area contributed by atoms with Gasteiger partial charge in [-0.3, -0.25) is 4.98 Å². The molecule has 0 radical (unpaired) electrons. The van der Waals surface area contributed by atoms with Crippen LogP contribution >= 0.6 is 11.8 Å². The summed E-state index contributed by atoms with van der Waals surface area (Å²) in [5.41, 5.74) is 0.799. The van der Waals surface area contributed by atoms with Gasteiger partial charge in [0.1, 0.15) is 5.82 Å². The van der Waals surface area contributed by atoms with Gasteiger partial charge in [0.25, 0.3) is 0 Å². The van der Waals surface area contributed by atoms with Crippen LogP contribution < -0.4 is 5.32 Å². The van der Waals surface area contributed by atoms with Crippen LogP contribution in [-0.4, -0.2) is 52.0 Å². The smallest absolute Gasteiger partial charge is 0.209 e. The maximum Gasteiger partial charge on any atom is 0.209 e. The highest BCUT2D eigenvalue weighted by Crippen LogP contribution is 2.19. The van der Waals surface area contributed by atoms with Crippen molar-refractivity contribution < 1.29 is 9.13 Å². The first-order valence-corrected chi connectivity index (χ1v) is 7.46. The van der Waals surface area contributed by atoms with Crippen LogP contribution in [0.4, 0.5) is 4.39 Å². The molecule has 0 bridgehead atoms. The lowest BCUT2D eigenvalue weighted by molar-refractivity contribution is 0.199. The summed E-state index contributed by atoms with van der Waals surface area (Å²) in [6.07, 6.45) is 2.82. The lowest BCUT2D eigenvalue weighted by Gasteiger charge is -2.06. The molecule has 0 aliphatic carbocycles. The van der Waals surface area contributed by atoms with Gasteiger partial charge in [0.2, 0.25) is 5.16 Å². The summed E-state index contributed by atoms with van der Waals surface area (Å²) in [5.74, 6) is 0.234. The van der Waals surface area contributed by atoms with Crippen molar-refractivity contribution in [1.29, 1.82) is 0 Å². The summed E-state index contributed by atoms with van der Waals surface area (Å²) in [4.78, 5) is 3.82. The third-order valence-electron chi connectivity index (χ3n) is 2.61. The van der Waals surface area contributed by atoms with Gasteiger partial charge in [-0.1, -0.05) is 11.8 Å². The second kappa shape index (κ2) is 8.65. The number of halogens is 1. The highest BCUT2D eigenvalue weighted by atomic mass is 32.2. The summed E-state index contributed by atoms with van der Waals surface area (Å²) in [5, 5.41) is 15.5. The van der Waals surface area contributed by atoms with E-state index in [1.807, 2.05) is 0 Å². The number of nitrogens with zero attached hydrogens (tertiary/aromatic N) is 5. The third kappa shape index (κ3) is 5.37. The molecule has 21 heavy (non-hydrogen) atoms. The minimum absolute atomic E-state index is 0.338. The molecule has 0 amide bonds. The third-order valence-corrected chi connectivity index (χ3v) is 3.64. The molecule has 0 fully saturated rings. The summed E-state index contributed by atoms with van der Waals surface area (Å²) in [6, 6.07) is 1.46. The van der Waals surface area contributed by atoms with Crippen molar-refractivity contribution in [2.45, 2.75) is 17.5 Å². The molecule has 9 heteroatoms. The fourth-order valence-electron chi connectivity index (χ4n) is 1.61. The number of thioether (sulfide) groups is 1. The van der Waals surface area contributed by atoms with Gasteiger partial charge in [0, 0.05) is 32.1 Å². The second-order valence-corrected chi connectivity index (χ2v) is 5.17. The largest absolute Gasteiger partial charge is 0.383 e. The van der Waals surface area contributed by atoms with Crippen LogP contribution in [0, 0.1) is 5.82 Å². The van der Waals surface area contributed by atoms with Gasteiger partial charge < -0.3 is 10.1 Å². The van der Waals surface area contributed by atoms with E-state index >= 15 is 0 Å². The summed E-state index contributed by atoms with van der Waals surface area (Å²) >= 11 is 1.45. The van der Waals surface area contributed by atoms with Crippen LogP contribution in [0.2, 0.25) is 0 Å². The Morgan fingerprint density at radius 3 is 3.10 bits per heavy atom. The van der Waals surface area contributed by atoms with Crippen molar-refractivity contribution in [3.05, 3.63) is 29.8 Å². The van der Waals surface area contributed by atoms with Crippen LogP contribution in [-0.2, 0) is 17.0 Å². The zero-order valence-corrected chi connectivity index (χ0v) is 12.5. The highest BCUT2D eigenvalue weighted by Gasteiger charge is 2.07. The van der Waals surface area contributed by atoms with E-state index in [2.05, 4.69) is 25.8 Å². The van der Waals surface area contributed by atoms with Crippen LogP contribution in [0.5, 0.6) is 0 Å². The normalized spacial score (nSPS) is 11.0. The number of hydrogen-bond donors (Lipinski definition) is 1. The molecule has 0 aliphatic heterocycles. The van der Waals surface area contributed by atoms with Crippen molar-refractivity contribution in [3.63, 3.8) is 0 Å². The first-order chi connectivity index (χ1) is 10.3. The van der Waals surface area contributed by atoms with E-state index in [4.69, 9.17) is 4.74 Å². The Bertz CT molecular complexity index is 552. The van der Waals surface area contributed by atoms with Gasteiger partial charge in [-0.05, 0) is 22.1 Å². The van der Waals surface area contributed by atoms with Crippen LogP contribution in [0.15, 0.2) is 23.6 Å². The predicted molar refractivity (Wildman–Crippen MR) is 76.3 cm³/mol. The number of hydrogen-bond acceptors (Lipinski definition) is 7. The Hall–Kier alpha value is -1.58. The van der Waals surface area contributed by atoms with Crippen molar-refractivity contribution in [2.24, 2.45) is 0 Å². The van der Waals surface area contributed by atoms with Crippen LogP contribution in [0.1, 0.15) is 5.56 Å². The van der Waals surface area contributed by atoms with Crippen LogP contribution in [0.25, 0.3) is 0 Å². The fourth-order valence-corrected chi connectivity index (χ4v) is 2.43. The molecule has 2 rings (SSSR count). The zero-order valence-electron chi connectivity index (χ0n) is 11.7. The van der Waals surface area contributed by atoms with E-state index in [1.54, 1.807) is 18.0 Å². The summed E-state index contributed by atoms with van der Waals surface area (Å²) in [7, 11) is 1.67. The Balaban J connectivity index is 1.80. The van der Waals surface area contributed by atoms with Crippen molar-refractivity contribution in [3.8, 4) is 0 Å². The predicted octanol–water partition coefficient (Wildman–Crippen LogP) is 0.735. The Labute approximate surface area is 126 Å². The number of rotatable bonds is 9. The molecule has 114 valence electrons. The Morgan fingerprint density at radius 1 is 1.38 bits per heavy atom. The first kappa shape index (κ1) is 15.8. The number of nitrogens with one attached hydrogen (secondary N) is 1. The van der Waals surface area contributed by atoms with E-state index in [0.717, 1.165) is 18.7 Å². The van der Waals surface area contributed by atoms with E-state index in [-0.39, 0.29) is 5.82 Å². The van der Waals surface area contributed by atoms with Gasteiger partial charge in [0.05, 0.1) is 19.3 Å². The molecule has 0 atom stereocenters. The average Bonchev–Trinajstić information content (AvgIpc) is 2.92. The monoisotopic (exact) mass is 312 g/mol. The summed E-state index contributed by atoms with van der Waals surface area (Å²) in [6.45, 7) is 2.88. The Morgan fingerprint density at radius 2 is 2.29 bits per heavy atom. The number of pyridine rings is 1. The van der Waals surface area contributed by atoms with Gasteiger partial charge in [0.15, 0.2) is 0 Å². The van der Waals surface area contributed by atoms with Gasteiger partial charge in [-0.2, -0.15) is 0 Å². The maximum atomic E-state index is 13.0. The zero-order chi connectivity index (χ0) is 14.9. The highest BCUT2D eigenvalue weighted by molar-refractivity contribution is 7.98. The second-order valence-electron chi connectivity index (χ2n) is 4.23. The molecule has 0 unspecified atom stereocenters. The SMILES string of the molecule is COCCNCCn1nnnc1SCc1cncc(F)c1. The molecule has 0 aliphatic rings. The standard InChI is InChI=1S/C12H17FN6OS/c1-20-5-3-14-2-4-19-12(16-17-18-19)21-9-10-6-11(13)8-15-7-10/h6-8,14H,2-5,9H2,1H3. The number of aromatic nitrogens is 5. The fraction of sp³-hybridized carbons (Fsp3) is 0.500. The Kier molecular flexibility index (Phi) is 6.51. The first-order valence-electron chi connectivity index (χ1n) is 6.47. The molecule has 2 heterocycles. The van der Waals surface area contributed by atoms with E-state index in [9.17, 15) is 4.39 Å². The number of methoxy groups -OCH3 is 1. The van der Waals surface area contributed by atoms with E-state index in [1.165, 1.54) is 24.0 Å². The molecule has 0 aromatic carbocycles. The number of tetrazole rings is 1. The van der Waals surface area contributed by atoms with Crippen molar-refractivity contribution >= 4 is 11.8 Å². The molecule has 1 N–H and O–H groups in total. The molecule has 0 saturated carbocycles. The molecular weight excluding hydrogens is 295 g/mol. The van der Waals surface area contributed by atoms with Crippen molar-refractivity contribution in [2.75, 3.05) is 26.8 Å².